The van der Waals surface area contributed by atoms with Gasteiger partial charge in [-0.25, -0.2) is 13.6 Å². The van der Waals surface area contributed by atoms with Crippen LogP contribution in [-0.4, -0.2) is 65.6 Å². The second-order valence-corrected chi connectivity index (χ2v) is 7.56. The van der Waals surface area contributed by atoms with Gasteiger partial charge in [-0.05, 0) is 48.5 Å². The van der Waals surface area contributed by atoms with Crippen LogP contribution in [0.3, 0.4) is 0 Å². The van der Waals surface area contributed by atoms with Crippen LogP contribution in [0.4, 0.5) is 13.6 Å². The Bertz CT molecular complexity index is 955. The molecular formula is C22H23F2N3O2. The molecule has 0 aromatic heterocycles. The van der Waals surface area contributed by atoms with Crippen molar-refractivity contribution < 1.29 is 18.7 Å². The summed E-state index contributed by atoms with van der Waals surface area (Å²) in [6.45, 7) is 2.97. The molecule has 0 saturated carbocycles. The number of carbonyl (C=O) groups excluding carboxylic acids is 1. The highest BCUT2D eigenvalue weighted by Gasteiger charge is 2.35. The van der Waals surface area contributed by atoms with Gasteiger partial charge >= 0.3 is 6.03 Å². The molecule has 2 aromatic rings. The van der Waals surface area contributed by atoms with Crippen molar-refractivity contribution in [2.45, 2.75) is 6.04 Å². The van der Waals surface area contributed by atoms with E-state index in [9.17, 15) is 18.7 Å². The normalized spacial score (nSPS) is 20.1. The minimum absolute atomic E-state index is 0.0910. The van der Waals surface area contributed by atoms with Crippen LogP contribution in [0.5, 0.6) is 5.75 Å². The molecule has 1 atom stereocenters. The van der Waals surface area contributed by atoms with Crippen LogP contribution in [0, 0.1) is 11.6 Å². The number of benzene rings is 2. The molecule has 1 saturated heterocycles. The lowest BCUT2D eigenvalue weighted by molar-refractivity contribution is 0.121. The summed E-state index contributed by atoms with van der Waals surface area (Å²) in [6.07, 6.45) is 1.78. The minimum atomic E-state index is -0.528. The third-order valence-electron chi connectivity index (χ3n) is 5.54. The Hall–Kier alpha value is -2.93. The summed E-state index contributed by atoms with van der Waals surface area (Å²) in [6, 6.07) is 9.39. The lowest BCUT2D eigenvalue weighted by atomic mass is 10.0. The Balaban J connectivity index is 1.68. The SMILES string of the molecule is CN1CCN(C(=O)N2CC(c3cc(F)ccc3F)=CC2c2cccc(O)c2)CC1. The molecule has 29 heavy (non-hydrogen) atoms. The van der Waals surface area contributed by atoms with Gasteiger partial charge in [0.2, 0.25) is 0 Å². The van der Waals surface area contributed by atoms with Crippen molar-refractivity contribution in [3.63, 3.8) is 0 Å². The number of carbonyl (C=O) groups is 1. The minimum Gasteiger partial charge on any atom is -0.508 e. The Kier molecular flexibility index (Phi) is 5.24. The van der Waals surface area contributed by atoms with Gasteiger partial charge in [-0.15, -0.1) is 0 Å². The van der Waals surface area contributed by atoms with Gasteiger partial charge in [0.1, 0.15) is 17.4 Å². The number of urea groups is 1. The van der Waals surface area contributed by atoms with E-state index in [1.54, 1.807) is 34.1 Å². The second kappa shape index (κ2) is 7.83. The van der Waals surface area contributed by atoms with Crippen molar-refractivity contribution in [3.05, 3.63) is 71.3 Å². The molecule has 0 aliphatic carbocycles. The zero-order valence-electron chi connectivity index (χ0n) is 16.2. The largest absolute Gasteiger partial charge is 0.508 e. The van der Waals surface area contributed by atoms with Gasteiger partial charge in [-0.2, -0.15) is 0 Å². The van der Waals surface area contributed by atoms with E-state index < -0.39 is 17.7 Å². The van der Waals surface area contributed by atoms with Crippen LogP contribution in [-0.2, 0) is 0 Å². The molecule has 0 radical (unpaired) electrons. The number of amides is 2. The van der Waals surface area contributed by atoms with Crippen LogP contribution in [0.2, 0.25) is 0 Å². The summed E-state index contributed by atoms with van der Waals surface area (Å²) < 4.78 is 28.1. The molecule has 1 fully saturated rings. The summed E-state index contributed by atoms with van der Waals surface area (Å²) in [7, 11) is 2.01. The first kappa shape index (κ1) is 19.4. The van der Waals surface area contributed by atoms with E-state index in [2.05, 4.69) is 4.90 Å². The molecule has 1 unspecified atom stereocenters. The van der Waals surface area contributed by atoms with Crippen LogP contribution in [0.1, 0.15) is 17.2 Å². The summed E-state index contributed by atoms with van der Waals surface area (Å²) in [4.78, 5) is 18.9. The number of phenols is 1. The molecule has 2 aromatic carbocycles. The average Bonchev–Trinajstić information content (AvgIpc) is 3.15. The van der Waals surface area contributed by atoms with Gasteiger partial charge in [-0.3, -0.25) is 0 Å². The van der Waals surface area contributed by atoms with Crippen LogP contribution in [0.15, 0.2) is 48.5 Å². The monoisotopic (exact) mass is 399 g/mol. The zero-order chi connectivity index (χ0) is 20.5. The number of aromatic hydroxyl groups is 1. The maximum absolute atomic E-state index is 14.4. The highest BCUT2D eigenvalue weighted by atomic mass is 19.1. The molecule has 0 bridgehead atoms. The van der Waals surface area contributed by atoms with Crippen molar-refractivity contribution in [3.8, 4) is 5.75 Å². The standard InChI is InChI=1S/C22H23F2N3O2/c1-25-7-9-26(10-8-25)22(29)27-14-16(19-13-17(23)5-6-20(19)24)12-21(27)15-3-2-4-18(28)11-15/h2-6,11-13,21,28H,7-10,14H2,1H3. The third-order valence-corrected chi connectivity index (χ3v) is 5.54. The van der Waals surface area contributed by atoms with Gasteiger partial charge in [-0.1, -0.05) is 18.2 Å². The van der Waals surface area contributed by atoms with Crippen molar-refractivity contribution in [1.29, 1.82) is 0 Å². The van der Waals surface area contributed by atoms with Crippen molar-refractivity contribution >= 4 is 11.6 Å². The molecule has 1 N–H and O–H groups in total. The third kappa shape index (κ3) is 3.96. The highest BCUT2D eigenvalue weighted by molar-refractivity contribution is 5.82. The number of hydrogen-bond donors (Lipinski definition) is 1. The highest BCUT2D eigenvalue weighted by Crippen LogP contribution is 2.37. The molecule has 2 aliphatic rings. The average molecular weight is 399 g/mol. The predicted molar refractivity (Wildman–Crippen MR) is 106 cm³/mol. The topological polar surface area (TPSA) is 47.0 Å². The number of rotatable bonds is 2. The van der Waals surface area contributed by atoms with Crippen LogP contribution in [0.25, 0.3) is 5.57 Å². The molecule has 5 nitrogen and oxygen atoms in total. The number of phenolic OH excluding ortho intramolecular Hbond substituents is 1. The smallest absolute Gasteiger partial charge is 0.321 e. The molecule has 2 amide bonds. The molecule has 2 aliphatic heterocycles. The second-order valence-electron chi connectivity index (χ2n) is 7.56. The first-order valence-electron chi connectivity index (χ1n) is 9.61. The van der Waals surface area contributed by atoms with Gasteiger partial charge in [0.25, 0.3) is 0 Å². The fourth-order valence-corrected chi connectivity index (χ4v) is 3.88. The van der Waals surface area contributed by atoms with E-state index >= 15 is 0 Å². The molecule has 4 rings (SSSR count). The van der Waals surface area contributed by atoms with E-state index in [0.717, 1.165) is 36.9 Å². The lowest BCUT2D eigenvalue weighted by Gasteiger charge is -2.37. The van der Waals surface area contributed by atoms with Gasteiger partial charge in [0, 0.05) is 38.3 Å². The van der Waals surface area contributed by atoms with E-state index in [1.165, 1.54) is 0 Å². The first-order chi connectivity index (χ1) is 13.9. The van der Waals surface area contributed by atoms with Gasteiger partial charge in [0.15, 0.2) is 0 Å². The maximum atomic E-state index is 14.4. The van der Waals surface area contributed by atoms with Gasteiger partial charge in [0.05, 0.1) is 6.04 Å². The fourth-order valence-electron chi connectivity index (χ4n) is 3.88. The van der Waals surface area contributed by atoms with Crippen LogP contribution >= 0.6 is 0 Å². The predicted octanol–water partition coefficient (Wildman–Crippen LogP) is 3.48. The molecular weight excluding hydrogens is 376 g/mol. The molecule has 7 heteroatoms. The number of hydrogen-bond acceptors (Lipinski definition) is 3. The summed E-state index contributed by atoms with van der Waals surface area (Å²) in [5.74, 6) is -0.963. The van der Waals surface area contributed by atoms with E-state index in [0.29, 0.717) is 18.7 Å². The zero-order valence-corrected chi connectivity index (χ0v) is 16.2. The lowest BCUT2D eigenvalue weighted by Crippen LogP contribution is -2.51. The molecule has 152 valence electrons. The maximum Gasteiger partial charge on any atom is 0.321 e. The van der Waals surface area contributed by atoms with E-state index in [-0.39, 0.29) is 23.9 Å². The fraction of sp³-hybridized carbons (Fsp3) is 0.318. The Labute approximate surface area is 168 Å². The Morgan fingerprint density at radius 1 is 1.07 bits per heavy atom. The number of nitrogens with zero attached hydrogens (tertiary/aromatic N) is 3. The number of likely N-dealkylation sites (N-methyl/N-ethyl adjacent to an activating group) is 1. The quantitative estimate of drug-likeness (QED) is 0.841. The summed E-state index contributed by atoms with van der Waals surface area (Å²) in [5.41, 5.74) is 1.43. The molecule has 0 spiro atoms. The van der Waals surface area contributed by atoms with E-state index in [1.807, 2.05) is 13.1 Å². The van der Waals surface area contributed by atoms with E-state index in [4.69, 9.17) is 0 Å². The summed E-state index contributed by atoms with van der Waals surface area (Å²) in [5, 5.41) is 9.89. The number of piperazine rings is 1. The molecule has 2 heterocycles. The van der Waals surface area contributed by atoms with Crippen molar-refractivity contribution in [2.75, 3.05) is 39.8 Å². The van der Waals surface area contributed by atoms with Crippen LogP contribution < -0.4 is 0 Å². The Morgan fingerprint density at radius 3 is 2.55 bits per heavy atom. The Morgan fingerprint density at radius 2 is 1.83 bits per heavy atom. The van der Waals surface area contributed by atoms with Crippen molar-refractivity contribution in [2.24, 2.45) is 0 Å². The van der Waals surface area contributed by atoms with Gasteiger partial charge < -0.3 is 19.8 Å². The van der Waals surface area contributed by atoms with Crippen molar-refractivity contribution in [1.82, 2.24) is 14.7 Å². The summed E-state index contributed by atoms with van der Waals surface area (Å²) >= 11 is 0. The number of halogens is 2. The first-order valence-corrected chi connectivity index (χ1v) is 9.61.